The highest BCUT2D eigenvalue weighted by Gasteiger charge is 2.05. The Morgan fingerprint density at radius 2 is 1.92 bits per heavy atom. The van der Waals surface area contributed by atoms with E-state index >= 15 is 0 Å². The highest BCUT2D eigenvalue weighted by molar-refractivity contribution is 4.65. The number of unbranched alkanes of at least 4 members (excludes halogenated alkanes) is 1. The molecule has 0 spiro atoms. The minimum absolute atomic E-state index is 0.363. The smallest absolute Gasteiger partial charge is 0.0165 e. The van der Waals surface area contributed by atoms with E-state index in [9.17, 15) is 0 Å². The van der Waals surface area contributed by atoms with Crippen LogP contribution in [0.15, 0.2) is 0 Å². The lowest BCUT2D eigenvalue weighted by Crippen LogP contribution is -2.37. The molecule has 0 fully saturated rings. The van der Waals surface area contributed by atoms with Crippen LogP contribution in [0.25, 0.3) is 0 Å². The van der Waals surface area contributed by atoms with Crippen LogP contribution in [0.5, 0.6) is 0 Å². The highest BCUT2D eigenvalue weighted by atomic mass is 15.1. The Hall–Kier alpha value is -0.0800. The van der Waals surface area contributed by atoms with Gasteiger partial charge >= 0.3 is 0 Å². The largest absolute Gasteiger partial charge is 0.327 e. The molecule has 0 aliphatic carbocycles. The van der Waals surface area contributed by atoms with Crippen LogP contribution in [-0.4, -0.2) is 30.6 Å². The molecule has 0 heterocycles. The van der Waals surface area contributed by atoms with Crippen molar-refractivity contribution in [2.45, 2.75) is 46.1 Å². The third kappa shape index (κ3) is 5.56. The number of rotatable bonds is 7. The second kappa shape index (κ2) is 7.56. The predicted octanol–water partition coefficient (Wildman–Crippen LogP) is 1.85. The maximum atomic E-state index is 5.88. The molecule has 12 heavy (non-hydrogen) atoms. The zero-order valence-corrected chi connectivity index (χ0v) is 8.84. The summed E-state index contributed by atoms with van der Waals surface area (Å²) in [6.45, 7) is 9.99. The quantitative estimate of drug-likeness (QED) is 0.635. The zero-order chi connectivity index (χ0) is 9.40. The molecule has 0 bridgehead atoms. The van der Waals surface area contributed by atoms with Crippen LogP contribution < -0.4 is 5.73 Å². The zero-order valence-electron chi connectivity index (χ0n) is 8.84. The fourth-order valence-electron chi connectivity index (χ4n) is 1.22. The van der Waals surface area contributed by atoms with E-state index in [-0.39, 0.29) is 0 Å². The Morgan fingerprint density at radius 3 is 2.33 bits per heavy atom. The maximum absolute atomic E-state index is 5.88. The summed E-state index contributed by atoms with van der Waals surface area (Å²) in [5.41, 5.74) is 5.88. The molecule has 2 heteroatoms. The van der Waals surface area contributed by atoms with E-state index in [0.29, 0.717) is 6.04 Å². The number of hydrogen-bond donors (Lipinski definition) is 1. The summed E-state index contributed by atoms with van der Waals surface area (Å²) in [6.07, 6.45) is 3.66. The molecule has 0 amide bonds. The molecule has 0 aromatic heterocycles. The molecule has 74 valence electrons. The molecule has 0 saturated heterocycles. The molecule has 2 nitrogen and oxygen atoms in total. The van der Waals surface area contributed by atoms with E-state index in [2.05, 4.69) is 25.7 Å². The average molecular weight is 172 g/mol. The first-order valence-corrected chi connectivity index (χ1v) is 5.22. The van der Waals surface area contributed by atoms with E-state index in [0.717, 1.165) is 19.5 Å². The van der Waals surface area contributed by atoms with Crippen LogP contribution in [0.4, 0.5) is 0 Å². The molecule has 0 aromatic carbocycles. The molecular weight excluding hydrogens is 148 g/mol. The first-order chi connectivity index (χ1) is 5.74. The lowest BCUT2D eigenvalue weighted by atomic mass is 10.2. The average Bonchev–Trinajstić information content (AvgIpc) is 2.11. The van der Waals surface area contributed by atoms with Gasteiger partial charge in [-0.05, 0) is 25.9 Å². The van der Waals surface area contributed by atoms with Gasteiger partial charge in [0.2, 0.25) is 0 Å². The third-order valence-corrected chi connectivity index (χ3v) is 2.29. The summed E-state index contributed by atoms with van der Waals surface area (Å²) in [5, 5.41) is 0. The van der Waals surface area contributed by atoms with Crippen LogP contribution in [0, 0.1) is 0 Å². The maximum Gasteiger partial charge on any atom is 0.0165 e. The highest BCUT2D eigenvalue weighted by Crippen LogP contribution is 1.97. The first-order valence-electron chi connectivity index (χ1n) is 5.22. The van der Waals surface area contributed by atoms with Crippen molar-refractivity contribution in [3.8, 4) is 0 Å². The van der Waals surface area contributed by atoms with Gasteiger partial charge in [-0.2, -0.15) is 0 Å². The summed E-state index contributed by atoms with van der Waals surface area (Å²) in [6, 6.07) is 0.363. The first kappa shape index (κ1) is 11.9. The minimum Gasteiger partial charge on any atom is -0.327 e. The molecule has 2 N–H and O–H groups in total. The predicted molar refractivity (Wildman–Crippen MR) is 55.3 cm³/mol. The molecule has 0 rings (SSSR count). The van der Waals surface area contributed by atoms with Gasteiger partial charge in [-0.1, -0.05) is 27.2 Å². The SMILES string of the molecule is CCCCN(CC)CC(N)CC. The van der Waals surface area contributed by atoms with Gasteiger partial charge in [-0.15, -0.1) is 0 Å². The Morgan fingerprint density at radius 1 is 1.25 bits per heavy atom. The molecule has 0 saturated carbocycles. The molecule has 1 atom stereocenters. The Bertz CT molecular complexity index is 93.8. The molecule has 0 aliphatic heterocycles. The van der Waals surface area contributed by atoms with Gasteiger partial charge in [0, 0.05) is 12.6 Å². The van der Waals surface area contributed by atoms with Crippen LogP contribution in [0.2, 0.25) is 0 Å². The normalized spacial score (nSPS) is 13.8. The summed E-state index contributed by atoms with van der Waals surface area (Å²) >= 11 is 0. The minimum atomic E-state index is 0.363. The van der Waals surface area contributed by atoms with E-state index in [4.69, 9.17) is 5.73 Å². The van der Waals surface area contributed by atoms with Crippen LogP contribution in [-0.2, 0) is 0 Å². The van der Waals surface area contributed by atoms with E-state index < -0.39 is 0 Å². The van der Waals surface area contributed by atoms with Crippen LogP contribution in [0.1, 0.15) is 40.0 Å². The van der Waals surface area contributed by atoms with Gasteiger partial charge in [0.1, 0.15) is 0 Å². The van der Waals surface area contributed by atoms with E-state index in [1.54, 1.807) is 0 Å². The number of nitrogens with two attached hydrogens (primary N) is 1. The lowest BCUT2D eigenvalue weighted by molar-refractivity contribution is 0.263. The second-order valence-electron chi connectivity index (χ2n) is 3.42. The molecule has 0 aromatic rings. The van der Waals surface area contributed by atoms with Crippen molar-refractivity contribution >= 4 is 0 Å². The molecule has 0 radical (unpaired) electrons. The van der Waals surface area contributed by atoms with Gasteiger partial charge in [0.25, 0.3) is 0 Å². The summed E-state index contributed by atoms with van der Waals surface area (Å²) in [7, 11) is 0. The standard InChI is InChI=1S/C10H24N2/c1-4-7-8-12(6-3)9-10(11)5-2/h10H,4-9,11H2,1-3H3. The van der Waals surface area contributed by atoms with Crippen LogP contribution >= 0.6 is 0 Å². The second-order valence-corrected chi connectivity index (χ2v) is 3.42. The van der Waals surface area contributed by atoms with Crippen molar-refractivity contribution in [3.63, 3.8) is 0 Å². The monoisotopic (exact) mass is 172 g/mol. The van der Waals surface area contributed by atoms with Gasteiger partial charge in [-0.3, -0.25) is 0 Å². The summed E-state index contributed by atoms with van der Waals surface area (Å²) in [4.78, 5) is 2.44. The van der Waals surface area contributed by atoms with Gasteiger partial charge in [-0.25, -0.2) is 0 Å². The topological polar surface area (TPSA) is 29.3 Å². The number of hydrogen-bond acceptors (Lipinski definition) is 2. The molecule has 1 unspecified atom stereocenters. The Labute approximate surface area is 77.1 Å². The number of likely N-dealkylation sites (N-methyl/N-ethyl adjacent to an activating group) is 1. The van der Waals surface area contributed by atoms with Crippen molar-refractivity contribution < 1.29 is 0 Å². The molecular formula is C10H24N2. The van der Waals surface area contributed by atoms with Gasteiger partial charge in [0.05, 0.1) is 0 Å². The van der Waals surface area contributed by atoms with E-state index in [1.807, 2.05) is 0 Å². The van der Waals surface area contributed by atoms with Crippen molar-refractivity contribution in [2.75, 3.05) is 19.6 Å². The Balaban J connectivity index is 3.51. The van der Waals surface area contributed by atoms with Gasteiger partial charge < -0.3 is 10.6 Å². The summed E-state index contributed by atoms with van der Waals surface area (Å²) < 4.78 is 0. The lowest BCUT2D eigenvalue weighted by Gasteiger charge is -2.23. The van der Waals surface area contributed by atoms with E-state index in [1.165, 1.54) is 19.4 Å². The van der Waals surface area contributed by atoms with Crippen LogP contribution in [0.3, 0.4) is 0 Å². The summed E-state index contributed by atoms with van der Waals surface area (Å²) in [5.74, 6) is 0. The fraction of sp³-hybridized carbons (Fsp3) is 1.00. The van der Waals surface area contributed by atoms with Crippen molar-refractivity contribution in [1.82, 2.24) is 4.90 Å². The number of nitrogens with zero attached hydrogens (tertiary/aromatic N) is 1. The molecule has 0 aliphatic rings. The van der Waals surface area contributed by atoms with Gasteiger partial charge in [0.15, 0.2) is 0 Å². The van der Waals surface area contributed by atoms with Crippen molar-refractivity contribution in [2.24, 2.45) is 5.73 Å². The fourth-order valence-corrected chi connectivity index (χ4v) is 1.22. The van der Waals surface area contributed by atoms with Crippen molar-refractivity contribution in [1.29, 1.82) is 0 Å². The van der Waals surface area contributed by atoms with Crippen molar-refractivity contribution in [3.05, 3.63) is 0 Å². The third-order valence-electron chi connectivity index (χ3n) is 2.29. The Kier molecular flexibility index (Phi) is 7.51.